The van der Waals surface area contributed by atoms with Crippen molar-refractivity contribution in [3.8, 4) is 0 Å². The molecule has 1 aromatic carbocycles. The highest BCUT2D eigenvalue weighted by molar-refractivity contribution is 5.81. The van der Waals surface area contributed by atoms with Crippen LogP contribution in [0.15, 0.2) is 24.3 Å². The van der Waals surface area contributed by atoms with Crippen LogP contribution in [-0.4, -0.2) is 23.9 Å². The fraction of sp³-hybridized carbons (Fsp3) is 0.588. The van der Waals surface area contributed by atoms with E-state index in [9.17, 15) is 9.18 Å². The first-order chi connectivity index (χ1) is 9.38. The summed E-state index contributed by atoms with van der Waals surface area (Å²) in [7, 11) is 0. The molecule has 1 unspecified atom stereocenters. The van der Waals surface area contributed by atoms with Crippen molar-refractivity contribution in [2.24, 2.45) is 5.41 Å². The summed E-state index contributed by atoms with van der Waals surface area (Å²) in [6.07, 6.45) is 3.25. The van der Waals surface area contributed by atoms with E-state index in [2.05, 4.69) is 0 Å². The summed E-state index contributed by atoms with van der Waals surface area (Å²) >= 11 is 0. The van der Waals surface area contributed by atoms with Gasteiger partial charge in [0.1, 0.15) is 5.82 Å². The summed E-state index contributed by atoms with van der Waals surface area (Å²) in [5, 5.41) is 0. The number of halogens is 1. The van der Waals surface area contributed by atoms with Gasteiger partial charge in [-0.25, -0.2) is 4.39 Å². The molecule has 0 radical (unpaired) electrons. The average molecular weight is 277 g/mol. The zero-order chi connectivity index (χ0) is 14.8. The molecule has 1 fully saturated rings. The lowest BCUT2D eigenvalue weighted by Gasteiger charge is -2.30. The summed E-state index contributed by atoms with van der Waals surface area (Å²) in [4.78, 5) is 14.5. The van der Waals surface area contributed by atoms with Gasteiger partial charge in [0.15, 0.2) is 0 Å². The van der Waals surface area contributed by atoms with E-state index in [1.54, 1.807) is 0 Å². The number of hydrogen-bond donors (Lipinski definition) is 0. The molecule has 2 rings (SSSR count). The second kappa shape index (κ2) is 5.94. The Kier molecular flexibility index (Phi) is 4.46. The normalized spacial score (nSPS) is 20.6. The van der Waals surface area contributed by atoms with Crippen LogP contribution in [0, 0.1) is 11.2 Å². The minimum atomic E-state index is -0.336. The molecule has 0 bridgehead atoms. The topological polar surface area (TPSA) is 20.3 Å². The Morgan fingerprint density at radius 3 is 2.45 bits per heavy atom. The third-order valence-electron chi connectivity index (χ3n) is 3.94. The van der Waals surface area contributed by atoms with Gasteiger partial charge in [-0.1, -0.05) is 39.3 Å². The van der Waals surface area contributed by atoms with Gasteiger partial charge in [-0.2, -0.15) is 0 Å². The first kappa shape index (κ1) is 15.0. The van der Waals surface area contributed by atoms with Crippen molar-refractivity contribution in [2.45, 2.75) is 46.0 Å². The molecule has 2 nitrogen and oxygen atoms in total. The van der Waals surface area contributed by atoms with Crippen LogP contribution in [0.1, 0.15) is 51.5 Å². The van der Waals surface area contributed by atoms with Gasteiger partial charge in [0, 0.05) is 24.4 Å². The van der Waals surface area contributed by atoms with Gasteiger partial charge in [0.2, 0.25) is 5.91 Å². The third-order valence-corrected chi connectivity index (χ3v) is 3.94. The SMILES string of the molecule is CC(C)(C)C(=O)N1CCCCC(c2ccc(F)cc2)C1. The van der Waals surface area contributed by atoms with Crippen molar-refractivity contribution < 1.29 is 9.18 Å². The van der Waals surface area contributed by atoms with E-state index in [4.69, 9.17) is 0 Å². The Hall–Kier alpha value is -1.38. The average Bonchev–Trinajstić information content (AvgIpc) is 2.63. The van der Waals surface area contributed by atoms with E-state index in [-0.39, 0.29) is 17.1 Å². The van der Waals surface area contributed by atoms with E-state index in [0.29, 0.717) is 5.92 Å². The van der Waals surface area contributed by atoms with Gasteiger partial charge in [-0.05, 0) is 30.5 Å². The molecule has 1 heterocycles. The van der Waals surface area contributed by atoms with Crippen LogP contribution in [0.3, 0.4) is 0 Å². The minimum absolute atomic E-state index is 0.204. The smallest absolute Gasteiger partial charge is 0.227 e. The van der Waals surface area contributed by atoms with E-state index < -0.39 is 0 Å². The maximum absolute atomic E-state index is 13.0. The molecule has 3 heteroatoms. The number of hydrogen-bond acceptors (Lipinski definition) is 1. The van der Waals surface area contributed by atoms with Gasteiger partial charge < -0.3 is 4.90 Å². The van der Waals surface area contributed by atoms with Crippen LogP contribution in [0.25, 0.3) is 0 Å². The molecule has 20 heavy (non-hydrogen) atoms. The molecule has 0 aliphatic carbocycles. The van der Waals surface area contributed by atoms with Crippen molar-refractivity contribution in [3.63, 3.8) is 0 Å². The Morgan fingerprint density at radius 1 is 1.20 bits per heavy atom. The number of benzene rings is 1. The zero-order valence-electron chi connectivity index (χ0n) is 12.7. The Balaban J connectivity index is 2.15. The standard InChI is InChI=1S/C17H24FNO/c1-17(2,3)16(20)19-11-5-4-6-14(12-19)13-7-9-15(18)10-8-13/h7-10,14H,4-6,11-12H2,1-3H3. The van der Waals surface area contributed by atoms with Gasteiger partial charge in [0.25, 0.3) is 0 Å². The van der Waals surface area contributed by atoms with Crippen LogP contribution < -0.4 is 0 Å². The predicted molar refractivity (Wildman–Crippen MR) is 79.0 cm³/mol. The lowest BCUT2D eigenvalue weighted by atomic mass is 9.92. The molecule has 1 aliphatic rings. The van der Waals surface area contributed by atoms with Gasteiger partial charge >= 0.3 is 0 Å². The molecule has 1 aliphatic heterocycles. The molecule has 1 amide bonds. The highest BCUT2D eigenvalue weighted by atomic mass is 19.1. The van der Waals surface area contributed by atoms with Gasteiger partial charge in [0.05, 0.1) is 0 Å². The molecule has 1 atom stereocenters. The van der Waals surface area contributed by atoms with Crippen LogP contribution in [0.2, 0.25) is 0 Å². The second-order valence-corrected chi connectivity index (χ2v) is 6.75. The van der Waals surface area contributed by atoms with Crippen LogP contribution in [0.4, 0.5) is 4.39 Å². The lowest BCUT2D eigenvalue weighted by molar-refractivity contribution is -0.139. The number of likely N-dealkylation sites (tertiary alicyclic amines) is 1. The molecule has 1 aromatic rings. The number of nitrogens with zero attached hydrogens (tertiary/aromatic N) is 1. The minimum Gasteiger partial charge on any atom is -0.342 e. The summed E-state index contributed by atoms with van der Waals surface area (Å²) in [5.74, 6) is 0.334. The highest BCUT2D eigenvalue weighted by Crippen LogP contribution is 2.29. The molecule has 1 saturated heterocycles. The highest BCUT2D eigenvalue weighted by Gasteiger charge is 2.30. The molecule has 0 saturated carbocycles. The van der Waals surface area contributed by atoms with Crippen LogP contribution >= 0.6 is 0 Å². The number of rotatable bonds is 1. The molecular weight excluding hydrogens is 253 g/mol. The monoisotopic (exact) mass is 277 g/mol. The van der Waals surface area contributed by atoms with E-state index in [1.165, 1.54) is 12.1 Å². The van der Waals surface area contributed by atoms with Crippen molar-refractivity contribution in [1.82, 2.24) is 4.90 Å². The fourth-order valence-corrected chi connectivity index (χ4v) is 2.81. The Bertz CT molecular complexity index is 461. The van der Waals surface area contributed by atoms with Gasteiger partial charge in [-0.15, -0.1) is 0 Å². The van der Waals surface area contributed by atoms with Crippen molar-refractivity contribution in [1.29, 1.82) is 0 Å². The number of carbonyl (C=O) groups excluding carboxylic acids is 1. The van der Waals surface area contributed by atoms with Crippen molar-refractivity contribution in [3.05, 3.63) is 35.6 Å². The maximum Gasteiger partial charge on any atom is 0.227 e. The zero-order valence-corrected chi connectivity index (χ0v) is 12.7. The Labute approximate surface area is 121 Å². The first-order valence-corrected chi connectivity index (χ1v) is 7.43. The number of amides is 1. The van der Waals surface area contributed by atoms with E-state index in [1.807, 2.05) is 37.8 Å². The quantitative estimate of drug-likeness (QED) is 0.760. The first-order valence-electron chi connectivity index (χ1n) is 7.43. The fourth-order valence-electron chi connectivity index (χ4n) is 2.81. The Morgan fingerprint density at radius 2 is 1.85 bits per heavy atom. The molecular formula is C17H24FNO. The third kappa shape index (κ3) is 3.59. The van der Waals surface area contributed by atoms with Crippen LogP contribution in [0.5, 0.6) is 0 Å². The van der Waals surface area contributed by atoms with Crippen molar-refractivity contribution >= 4 is 5.91 Å². The van der Waals surface area contributed by atoms with E-state index >= 15 is 0 Å². The molecule has 0 spiro atoms. The molecule has 0 N–H and O–H groups in total. The van der Waals surface area contributed by atoms with Crippen LogP contribution in [-0.2, 0) is 4.79 Å². The lowest BCUT2D eigenvalue weighted by Crippen LogP contribution is -2.41. The largest absolute Gasteiger partial charge is 0.342 e. The van der Waals surface area contributed by atoms with Crippen molar-refractivity contribution in [2.75, 3.05) is 13.1 Å². The second-order valence-electron chi connectivity index (χ2n) is 6.75. The van der Waals surface area contributed by atoms with E-state index in [0.717, 1.165) is 37.9 Å². The number of carbonyl (C=O) groups is 1. The predicted octanol–water partition coefficient (Wildman–Crippen LogP) is 3.97. The summed E-state index contributed by atoms with van der Waals surface area (Å²) in [6.45, 7) is 7.49. The summed E-state index contributed by atoms with van der Waals surface area (Å²) in [6, 6.07) is 6.72. The maximum atomic E-state index is 13.0. The van der Waals surface area contributed by atoms with Gasteiger partial charge in [-0.3, -0.25) is 4.79 Å². The molecule has 0 aromatic heterocycles. The summed E-state index contributed by atoms with van der Waals surface area (Å²) < 4.78 is 13.0. The summed E-state index contributed by atoms with van der Waals surface area (Å²) in [5.41, 5.74) is 0.803. The molecule has 110 valence electrons.